The minimum Gasteiger partial charge on any atom is -0.379 e. The highest BCUT2D eigenvalue weighted by atomic mass is 19.1. The molecule has 0 aromatic heterocycles. The fourth-order valence-electron chi connectivity index (χ4n) is 4.24. The van der Waals surface area contributed by atoms with E-state index in [0.717, 1.165) is 51.4 Å². The quantitative estimate of drug-likeness (QED) is 0.211. The SMILES string of the molecule is CCCCOC[C@H]1OC(c2cc(C#N)ccc2F)[C@H](OCCCC)[C@@H](OCCCC)[C@@H]1OCCCC. The van der Waals surface area contributed by atoms with Crippen molar-refractivity contribution >= 4 is 0 Å². The molecule has 0 N–H and O–H groups in total. The summed E-state index contributed by atoms with van der Waals surface area (Å²) in [7, 11) is 0. The molecule has 7 heteroatoms. The van der Waals surface area contributed by atoms with Crippen LogP contribution in [0.5, 0.6) is 0 Å². The maximum atomic E-state index is 15.2. The van der Waals surface area contributed by atoms with E-state index in [-0.39, 0.29) is 0 Å². The summed E-state index contributed by atoms with van der Waals surface area (Å²) < 4.78 is 46.9. The molecule has 1 aliphatic rings. The summed E-state index contributed by atoms with van der Waals surface area (Å²) in [6.45, 7) is 11.0. The number of unbranched alkanes of at least 4 members (excludes halogenated alkanes) is 4. The standard InChI is InChI=1S/C29H46FNO5/c1-5-9-15-32-21-25-27(33-16-10-6-2)29(35-18-12-8-4)28(34-17-11-7-3)26(36-25)23-19-22(20-31)13-14-24(23)30/h13-14,19,25-29H,5-12,15-18,21H2,1-4H3/t25-,26?,27-,28+,29+/m1/s1. The Hall–Kier alpha value is -1.56. The van der Waals surface area contributed by atoms with Gasteiger partial charge in [-0.3, -0.25) is 0 Å². The Kier molecular flexibility index (Phi) is 15.2. The Labute approximate surface area is 217 Å². The van der Waals surface area contributed by atoms with E-state index >= 15 is 4.39 Å². The molecule has 1 aliphatic heterocycles. The molecule has 0 saturated carbocycles. The van der Waals surface area contributed by atoms with Crippen LogP contribution >= 0.6 is 0 Å². The van der Waals surface area contributed by atoms with E-state index < -0.39 is 36.3 Å². The monoisotopic (exact) mass is 507 g/mol. The first-order valence-corrected chi connectivity index (χ1v) is 13.9. The maximum absolute atomic E-state index is 15.2. The molecule has 204 valence electrons. The fourth-order valence-corrected chi connectivity index (χ4v) is 4.24. The van der Waals surface area contributed by atoms with Crippen LogP contribution in [-0.4, -0.2) is 57.5 Å². The first kappa shape index (κ1) is 30.7. The van der Waals surface area contributed by atoms with Crippen LogP contribution in [0.25, 0.3) is 0 Å². The van der Waals surface area contributed by atoms with Crippen molar-refractivity contribution in [3.05, 3.63) is 35.1 Å². The highest BCUT2D eigenvalue weighted by Gasteiger charge is 2.49. The third-order valence-electron chi connectivity index (χ3n) is 6.41. The number of rotatable bonds is 18. The van der Waals surface area contributed by atoms with E-state index in [1.54, 1.807) is 6.07 Å². The lowest BCUT2D eigenvalue weighted by atomic mass is 9.89. The van der Waals surface area contributed by atoms with Gasteiger partial charge >= 0.3 is 0 Å². The molecule has 0 spiro atoms. The van der Waals surface area contributed by atoms with E-state index in [9.17, 15) is 5.26 Å². The van der Waals surface area contributed by atoms with Gasteiger partial charge in [-0.1, -0.05) is 53.4 Å². The maximum Gasteiger partial charge on any atom is 0.129 e. The van der Waals surface area contributed by atoms with Gasteiger partial charge in [-0.2, -0.15) is 5.26 Å². The predicted molar refractivity (Wildman–Crippen MR) is 138 cm³/mol. The summed E-state index contributed by atoms with van der Waals surface area (Å²) in [6.07, 6.45) is 5.05. The summed E-state index contributed by atoms with van der Waals surface area (Å²) in [5.41, 5.74) is 0.688. The lowest BCUT2D eigenvalue weighted by Gasteiger charge is -2.46. The highest BCUT2D eigenvalue weighted by Crippen LogP contribution is 2.39. The zero-order valence-electron chi connectivity index (χ0n) is 22.7. The van der Waals surface area contributed by atoms with Gasteiger partial charge in [-0.15, -0.1) is 0 Å². The predicted octanol–water partition coefficient (Wildman–Crippen LogP) is 6.51. The van der Waals surface area contributed by atoms with Gasteiger partial charge in [0.25, 0.3) is 0 Å². The van der Waals surface area contributed by atoms with Crippen molar-refractivity contribution in [3.63, 3.8) is 0 Å². The van der Waals surface area contributed by atoms with Crippen LogP contribution in [0.3, 0.4) is 0 Å². The average molecular weight is 508 g/mol. The van der Waals surface area contributed by atoms with Crippen molar-refractivity contribution < 1.29 is 28.1 Å². The van der Waals surface area contributed by atoms with Crippen LogP contribution in [0.4, 0.5) is 4.39 Å². The molecule has 0 amide bonds. The van der Waals surface area contributed by atoms with Gasteiger partial charge in [-0.05, 0) is 43.9 Å². The molecular formula is C29H46FNO5. The van der Waals surface area contributed by atoms with Crippen molar-refractivity contribution in [1.82, 2.24) is 0 Å². The lowest BCUT2D eigenvalue weighted by molar-refractivity contribution is -0.268. The summed E-state index contributed by atoms with van der Waals surface area (Å²) in [6, 6.07) is 6.48. The van der Waals surface area contributed by atoms with Gasteiger partial charge in [0.1, 0.15) is 36.3 Å². The number of hydrogen-bond donors (Lipinski definition) is 0. The first-order chi connectivity index (χ1) is 17.6. The van der Waals surface area contributed by atoms with Crippen molar-refractivity contribution in [2.75, 3.05) is 33.0 Å². The third kappa shape index (κ3) is 9.39. The Morgan fingerprint density at radius 1 is 0.806 bits per heavy atom. The minimum absolute atomic E-state index is 0.310. The van der Waals surface area contributed by atoms with E-state index in [1.807, 2.05) is 0 Å². The molecule has 2 rings (SSSR count). The third-order valence-corrected chi connectivity index (χ3v) is 6.41. The second-order valence-electron chi connectivity index (χ2n) is 9.44. The molecule has 1 fully saturated rings. The van der Waals surface area contributed by atoms with Crippen LogP contribution in [-0.2, 0) is 23.7 Å². The van der Waals surface area contributed by atoms with Crippen LogP contribution in [0.2, 0.25) is 0 Å². The van der Waals surface area contributed by atoms with E-state index in [0.29, 0.717) is 44.2 Å². The van der Waals surface area contributed by atoms with Crippen molar-refractivity contribution in [2.24, 2.45) is 0 Å². The summed E-state index contributed by atoms with van der Waals surface area (Å²) >= 11 is 0. The molecule has 5 atom stereocenters. The second kappa shape index (κ2) is 17.8. The number of nitriles is 1. The Morgan fingerprint density at radius 3 is 1.94 bits per heavy atom. The molecule has 0 bridgehead atoms. The molecule has 36 heavy (non-hydrogen) atoms. The lowest BCUT2D eigenvalue weighted by Crippen LogP contribution is -2.58. The van der Waals surface area contributed by atoms with Crippen LogP contribution in [0.15, 0.2) is 18.2 Å². The van der Waals surface area contributed by atoms with Gasteiger partial charge in [0.05, 0.1) is 18.2 Å². The van der Waals surface area contributed by atoms with Crippen LogP contribution in [0, 0.1) is 17.1 Å². The average Bonchev–Trinajstić information content (AvgIpc) is 2.89. The Bertz CT molecular complexity index is 771. The smallest absolute Gasteiger partial charge is 0.129 e. The van der Waals surface area contributed by atoms with Crippen molar-refractivity contribution in [2.45, 2.75) is 110 Å². The van der Waals surface area contributed by atoms with E-state index in [4.69, 9.17) is 23.7 Å². The molecule has 0 aliphatic carbocycles. The summed E-state index contributed by atoms with van der Waals surface area (Å²) in [4.78, 5) is 0. The van der Waals surface area contributed by atoms with Gasteiger partial charge in [-0.25, -0.2) is 4.39 Å². The highest BCUT2D eigenvalue weighted by molar-refractivity contribution is 5.35. The fraction of sp³-hybridized carbons (Fsp3) is 0.759. The molecular weight excluding hydrogens is 461 g/mol. The number of hydrogen-bond acceptors (Lipinski definition) is 6. The Balaban J connectivity index is 2.45. The number of nitrogens with zero attached hydrogens (tertiary/aromatic N) is 1. The molecule has 0 radical (unpaired) electrons. The molecule has 1 heterocycles. The summed E-state index contributed by atoms with van der Waals surface area (Å²) in [5.74, 6) is -0.425. The van der Waals surface area contributed by atoms with Crippen molar-refractivity contribution in [1.29, 1.82) is 5.26 Å². The van der Waals surface area contributed by atoms with Crippen LogP contribution in [0.1, 0.15) is 96.3 Å². The topological polar surface area (TPSA) is 69.9 Å². The van der Waals surface area contributed by atoms with Gasteiger partial charge in [0, 0.05) is 32.0 Å². The first-order valence-electron chi connectivity index (χ1n) is 13.9. The summed E-state index contributed by atoms with van der Waals surface area (Å²) in [5, 5.41) is 9.46. The van der Waals surface area contributed by atoms with Gasteiger partial charge in [0.15, 0.2) is 0 Å². The van der Waals surface area contributed by atoms with Crippen LogP contribution < -0.4 is 0 Å². The number of benzene rings is 1. The number of halogens is 1. The molecule has 1 unspecified atom stereocenters. The normalized spacial score (nSPS) is 24.1. The van der Waals surface area contributed by atoms with E-state index in [1.165, 1.54) is 12.1 Å². The van der Waals surface area contributed by atoms with E-state index in [2.05, 4.69) is 33.8 Å². The minimum atomic E-state index is -0.743. The Morgan fingerprint density at radius 2 is 1.36 bits per heavy atom. The molecule has 6 nitrogen and oxygen atoms in total. The molecule has 1 saturated heterocycles. The second-order valence-corrected chi connectivity index (χ2v) is 9.44. The molecule has 1 aromatic carbocycles. The largest absolute Gasteiger partial charge is 0.379 e. The molecule has 1 aromatic rings. The number of ether oxygens (including phenoxy) is 5. The zero-order valence-corrected chi connectivity index (χ0v) is 22.7. The zero-order chi connectivity index (χ0) is 26.2. The van der Waals surface area contributed by atoms with Crippen molar-refractivity contribution in [3.8, 4) is 6.07 Å². The van der Waals surface area contributed by atoms with Gasteiger partial charge < -0.3 is 23.7 Å². The van der Waals surface area contributed by atoms with Gasteiger partial charge in [0.2, 0.25) is 0 Å².